The Labute approximate surface area is 167 Å². The van der Waals surface area contributed by atoms with E-state index in [4.69, 9.17) is 10.5 Å². The largest absolute Gasteiger partial charge is 0.388 e. The van der Waals surface area contributed by atoms with Crippen LogP contribution in [0.3, 0.4) is 0 Å². The lowest BCUT2D eigenvalue weighted by Crippen LogP contribution is -2.59. The SMILES string of the molecule is C[C@]1(O)CC2(CCN(C(=O)CCCCN)CC2)OC[C@@H]1n1cc(F)c(=O)[nH]c1=O. The van der Waals surface area contributed by atoms with Gasteiger partial charge in [0.2, 0.25) is 11.7 Å². The van der Waals surface area contributed by atoms with Crippen molar-refractivity contribution in [2.75, 3.05) is 26.2 Å². The van der Waals surface area contributed by atoms with Crippen LogP contribution in [0.15, 0.2) is 15.8 Å². The first-order chi connectivity index (χ1) is 13.7. The van der Waals surface area contributed by atoms with Crippen LogP contribution in [0.1, 0.15) is 51.5 Å². The predicted molar refractivity (Wildman–Crippen MR) is 103 cm³/mol. The summed E-state index contributed by atoms with van der Waals surface area (Å²) >= 11 is 0. The van der Waals surface area contributed by atoms with Crippen molar-refractivity contribution in [3.8, 4) is 0 Å². The number of nitrogens with two attached hydrogens (primary N) is 1. The van der Waals surface area contributed by atoms with Gasteiger partial charge in [-0.05, 0) is 39.2 Å². The van der Waals surface area contributed by atoms with E-state index in [2.05, 4.69) is 0 Å². The molecule has 1 amide bonds. The highest BCUT2D eigenvalue weighted by molar-refractivity contribution is 5.76. The number of amides is 1. The van der Waals surface area contributed by atoms with E-state index < -0.39 is 34.3 Å². The van der Waals surface area contributed by atoms with Crippen LogP contribution in [0.2, 0.25) is 0 Å². The van der Waals surface area contributed by atoms with Gasteiger partial charge in [-0.3, -0.25) is 19.1 Å². The first-order valence-electron chi connectivity index (χ1n) is 10.0. The molecule has 0 bridgehead atoms. The van der Waals surface area contributed by atoms with E-state index in [1.807, 2.05) is 9.88 Å². The summed E-state index contributed by atoms with van der Waals surface area (Å²) in [7, 11) is 0. The number of nitrogens with zero attached hydrogens (tertiary/aromatic N) is 2. The highest BCUT2D eigenvalue weighted by Crippen LogP contribution is 2.43. The van der Waals surface area contributed by atoms with Gasteiger partial charge in [-0.2, -0.15) is 4.39 Å². The molecule has 29 heavy (non-hydrogen) atoms. The van der Waals surface area contributed by atoms with Crippen molar-refractivity contribution in [3.05, 3.63) is 32.9 Å². The van der Waals surface area contributed by atoms with Crippen molar-refractivity contribution in [1.82, 2.24) is 14.5 Å². The van der Waals surface area contributed by atoms with E-state index in [0.717, 1.165) is 23.6 Å². The molecule has 2 aliphatic heterocycles. The fraction of sp³-hybridized carbons (Fsp3) is 0.737. The summed E-state index contributed by atoms with van der Waals surface area (Å²) in [6.45, 7) is 3.23. The zero-order valence-electron chi connectivity index (χ0n) is 16.7. The molecule has 3 rings (SSSR count). The number of piperidine rings is 1. The molecule has 0 radical (unpaired) electrons. The Bertz CT molecular complexity index is 857. The topological polar surface area (TPSA) is 131 Å². The molecule has 0 saturated carbocycles. The van der Waals surface area contributed by atoms with Crippen LogP contribution < -0.4 is 17.0 Å². The molecule has 1 spiro atoms. The van der Waals surface area contributed by atoms with E-state index in [0.29, 0.717) is 38.9 Å². The second-order valence-corrected chi connectivity index (χ2v) is 8.31. The number of aromatic amines is 1. The van der Waals surface area contributed by atoms with E-state index in [1.54, 1.807) is 6.92 Å². The van der Waals surface area contributed by atoms with E-state index in [9.17, 15) is 23.9 Å². The molecule has 2 aliphatic rings. The van der Waals surface area contributed by atoms with Gasteiger partial charge in [0.15, 0.2) is 0 Å². The third-order valence-electron chi connectivity index (χ3n) is 6.08. The Balaban J connectivity index is 1.67. The molecular formula is C19H29FN4O5. The number of hydrogen-bond donors (Lipinski definition) is 3. The second kappa shape index (κ2) is 8.37. The maximum absolute atomic E-state index is 13.7. The molecule has 9 nitrogen and oxygen atoms in total. The van der Waals surface area contributed by atoms with Gasteiger partial charge in [-0.1, -0.05) is 0 Å². The summed E-state index contributed by atoms with van der Waals surface area (Å²) in [4.78, 5) is 39.4. The summed E-state index contributed by atoms with van der Waals surface area (Å²) in [5.74, 6) is -0.994. The van der Waals surface area contributed by atoms with Gasteiger partial charge in [-0.15, -0.1) is 0 Å². The van der Waals surface area contributed by atoms with Gasteiger partial charge in [0.25, 0.3) is 5.56 Å². The standard InChI is InChI=1S/C19H29FN4O5/c1-18(28)12-19(5-8-23(9-6-19)15(25)4-2-3-7-21)29-11-14(18)24-10-13(20)16(26)22-17(24)27/h10,14,28H,2-9,11-12,21H2,1H3,(H,22,26,27)/t14-,18-/m0/s1. The number of likely N-dealkylation sites (tertiary alicyclic amines) is 1. The summed E-state index contributed by atoms with van der Waals surface area (Å²) in [5, 5.41) is 11.1. The normalized spacial score (nSPS) is 26.6. The van der Waals surface area contributed by atoms with Crippen LogP contribution in [0.5, 0.6) is 0 Å². The fourth-order valence-electron chi connectivity index (χ4n) is 4.39. The zero-order chi connectivity index (χ0) is 21.2. The van der Waals surface area contributed by atoms with Crippen molar-refractivity contribution in [1.29, 1.82) is 0 Å². The minimum atomic E-state index is -1.35. The monoisotopic (exact) mass is 412 g/mol. The van der Waals surface area contributed by atoms with Crippen LogP contribution in [0, 0.1) is 5.82 Å². The molecule has 10 heteroatoms. The molecule has 2 fully saturated rings. The highest BCUT2D eigenvalue weighted by Gasteiger charge is 2.50. The molecule has 2 saturated heterocycles. The Morgan fingerprint density at radius 3 is 2.69 bits per heavy atom. The summed E-state index contributed by atoms with van der Waals surface area (Å²) in [5.41, 5.74) is 1.63. The Morgan fingerprint density at radius 1 is 1.38 bits per heavy atom. The predicted octanol–water partition coefficient (Wildman–Crippen LogP) is -0.122. The number of hydrogen-bond acceptors (Lipinski definition) is 6. The van der Waals surface area contributed by atoms with Crippen LogP contribution in [-0.2, 0) is 9.53 Å². The Morgan fingerprint density at radius 2 is 2.07 bits per heavy atom. The first-order valence-corrected chi connectivity index (χ1v) is 10.0. The van der Waals surface area contributed by atoms with E-state index >= 15 is 0 Å². The lowest BCUT2D eigenvalue weighted by molar-refractivity contribution is -0.198. The van der Waals surface area contributed by atoms with Crippen LogP contribution in [0.25, 0.3) is 0 Å². The van der Waals surface area contributed by atoms with Crippen LogP contribution in [0.4, 0.5) is 4.39 Å². The molecule has 3 heterocycles. The van der Waals surface area contributed by atoms with Crippen LogP contribution in [-0.4, -0.2) is 62.9 Å². The number of H-pyrrole nitrogens is 1. The minimum Gasteiger partial charge on any atom is -0.388 e. The molecular weight excluding hydrogens is 383 g/mol. The fourth-order valence-corrected chi connectivity index (χ4v) is 4.39. The quantitative estimate of drug-likeness (QED) is 0.578. The third-order valence-corrected chi connectivity index (χ3v) is 6.08. The number of unbranched alkanes of at least 4 members (excludes halogenated alkanes) is 1. The lowest BCUT2D eigenvalue weighted by Gasteiger charge is -2.51. The summed E-state index contributed by atoms with van der Waals surface area (Å²) in [6.07, 6.45) is 4.28. The molecule has 0 aromatic carbocycles. The van der Waals surface area contributed by atoms with Crippen molar-refractivity contribution < 1.29 is 19.0 Å². The average molecular weight is 412 g/mol. The summed E-state index contributed by atoms with van der Waals surface area (Å²) < 4.78 is 20.7. The number of nitrogens with one attached hydrogen (secondary N) is 1. The Kier molecular flexibility index (Phi) is 6.25. The number of carbonyl (C=O) groups is 1. The van der Waals surface area contributed by atoms with Crippen molar-refractivity contribution >= 4 is 5.91 Å². The zero-order valence-corrected chi connectivity index (χ0v) is 16.7. The van der Waals surface area contributed by atoms with Crippen molar-refractivity contribution in [2.24, 2.45) is 5.73 Å². The number of halogens is 1. The van der Waals surface area contributed by atoms with Gasteiger partial charge in [0, 0.05) is 25.9 Å². The number of rotatable bonds is 5. The van der Waals surface area contributed by atoms with E-state index in [-0.39, 0.29) is 18.9 Å². The lowest BCUT2D eigenvalue weighted by atomic mass is 9.75. The Hall–Kier alpha value is -2.04. The number of aliphatic hydroxyl groups is 1. The molecule has 1 aromatic heterocycles. The van der Waals surface area contributed by atoms with Gasteiger partial charge in [-0.25, -0.2) is 4.79 Å². The van der Waals surface area contributed by atoms with Gasteiger partial charge >= 0.3 is 5.69 Å². The third kappa shape index (κ3) is 4.59. The summed E-state index contributed by atoms with van der Waals surface area (Å²) in [6, 6.07) is -0.831. The second-order valence-electron chi connectivity index (χ2n) is 8.31. The maximum Gasteiger partial charge on any atom is 0.328 e. The molecule has 2 atom stereocenters. The minimum absolute atomic E-state index is 0.00281. The molecule has 0 unspecified atom stereocenters. The number of aromatic nitrogens is 2. The molecule has 4 N–H and O–H groups in total. The maximum atomic E-state index is 13.7. The average Bonchev–Trinajstić information content (AvgIpc) is 2.65. The van der Waals surface area contributed by atoms with Crippen molar-refractivity contribution in [3.63, 3.8) is 0 Å². The van der Waals surface area contributed by atoms with Crippen molar-refractivity contribution in [2.45, 2.75) is 62.7 Å². The van der Waals surface area contributed by atoms with Gasteiger partial charge < -0.3 is 20.5 Å². The molecule has 0 aliphatic carbocycles. The first kappa shape index (κ1) is 21.7. The number of ether oxygens (including phenoxy) is 1. The molecule has 162 valence electrons. The molecule has 1 aromatic rings. The smallest absolute Gasteiger partial charge is 0.328 e. The van der Waals surface area contributed by atoms with Crippen LogP contribution >= 0.6 is 0 Å². The van der Waals surface area contributed by atoms with Gasteiger partial charge in [0.05, 0.1) is 30.0 Å². The van der Waals surface area contributed by atoms with E-state index in [1.165, 1.54) is 0 Å². The number of carbonyl (C=O) groups excluding carboxylic acids is 1. The highest BCUT2D eigenvalue weighted by atomic mass is 19.1. The van der Waals surface area contributed by atoms with Gasteiger partial charge in [0.1, 0.15) is 0 Å².